The zero-order valence-electron chi connectivity index (χ0n) is 40.8. The zero-order valence-corrected chi connectivity index (χ0v) is 22.8. The van der Waals surface area contributed by atoms with Gasteiger partial charge in [0.1, 0.15) is 0 Å². The van der Waals surface area contributed by atoms with E-state index in [1.807, 2.05) is 0 Å². The molecule has 0 saturated heterocycles. The number of hydrogen-bond donors (Lipinski definition) is 0. The summed E-state index contributed by atoms with van der Waals surface area (Å²) in [6, 6.07) is 7.47. The van der Waals surface area contributed by atoms with Gasteiger partial charge in [-0.2, -0.15) is 0 Å². The van der Waals surface area contributed by atoms with Crippen LogP contribution in [-0.2, 0) is 0 Å². The van der Waals surface area contributed by atoms with E-state index in [-0.39, 0.29) is 96.6 Å². The summed E-state index contributed by atoms with van der Waals surface area (Å²) in [5, 5.41) is -0.228. The van der Waals surface area contributed by atoms with Gasteiger partial charge in [-0.25, -0.2) is 0 Å². The Hall–Kier alpha value is -5.66. The van der Waals surface area contributed by atoms with Crippen LogP contribution in [0, 0.1) is 0 Å². The first-order chi connectivity index (χ1) is 29.3. The molecule has 0 bridgehead atoms. The van der Waals surface area contributed by atoms with Crippen molar-refractivity contribution in [2.75, 3.05) is 0 Å². The molecule has 1 atom stereocenters. The van der Waals surface area contributed by atoms with E-state index in [9.17, 15) is 2.74 Å². The maximum atomic E-state index is 10.1. The van der Waals surface area contributed by atoms with E-state index in [1.54, 1.807) is 30.3 Å². The van der Waals surface area contributed by atoms with Gasteiger partial charge < -0.3 is 4.57 Å². The molecule has 0 fully saturated rings. The molecule has 9 rings (SSSR count). The van der Waals surface area contributed by atoms with Gasteiger partial charge in [0.2, 0.25) is 0 Å². The van der Waals surface area contributed by atoms with Gasteiger partial charge >= 0.3 is 0 Å². The Labute approximate surface area is 282 Å². The van der Waals surface area contributed by atoms with Crippen molar-refractivity contribution in [2.45, 2.75) is 5.92 Å². The molecule has 1 unspecified atom stereocenters. The van der Waals surface area contributed by atoms with Crippen LogP contribution in [0.25, 0.3) is 60.9 Å². The summed E-state index contributed by atoms with van der Waals surface area (Å²) in [5.74, 6) is -1.11. The lowest BCUT2D eigenvalue weighted by Gasteiger charge is -2.16. The second-order valence-corrected chi connectivity index (χ2v) is 10.3. The number of aromatic nitrogens is 1. The van der Waals surface area contributed by atoms with Gasteiger partial charge in [0.05, 0.1) is 35.7 Å². The highest BCUT2D eigenvalue weighted by molar-refractivity contribution is 6.11. The zero-order chi connectivity index (χ0) is 44.7. The fraction of sp³-hybridized carbons (Fsp3) is 0.0233. The Morgan fingerprint density at radius 2 is 1.23 bits per heavy atom. The minimum absolute atomic E-state index is 0.000324. The Morgan fingerprint density at radius 3 is 2.09 bits per heavy atom. The standard InChI is InChI=1S/C43H29N/c1-3-12-29(13-4-1)31-22-24-32(25-23-31)43-37-20-8-7-18-35(37)38-27-39-36-19-9-10-21-41(36)44(42(39)28-40(38)43)34-17-11-16-33(26-34)30-14-5-2-6-15-30/h1-28,43H/i1D,2D,5D,6D,7D,8D,9D,10D,12D,13D,14D,15D,18D,19D,20D,21D,27D,28D. The smallest absolute Gasteiger partial charge is 0.0649 e. The topological polar surface area (TPSA) is 4.93 Å². The second-order valence-electron chi connectivity index (χ2n) is 10.3. The molecule has 44 heavy (non-hydrogen) atoms. The molecular formula is C43H29N. The third-order valence-electron chi connectivity index (χ3n) is 7.94. The van der Waals surface area contributed by atoms with Crippen LogP contribution in [0.15, 0.2) is 169 Å². The van der Waals surface area contributed by atoms with E-state index in [0.717, 1.165) is 0 Å². The first-order valence-electron chi connectivity index (χ1n) is 22.8. The maximum absolute atomic E-state index is 10.1. The summed E-state index contributed by atoms with van der Waals surface area (Å²) in [5.41, 5.74) is 1.25. The van der Waals surface area contributed by atoms with Crippen molar-refractivity contribution in [1.82, 2.24) is 4.57 Å². The van der Waals surface area contributed by atoms with Gasteiger partial charge in [0.25, 0.3) is 0 Å². The highest BCUT2D eigenvalue weighted by atomic mass is 15.0. The average Bonchev–Trinajstić information content (AvgIpc) is 3.80. The average molecular weight is 578 g/mol. The summed E-state index contributed by atoms with van der Waals surface area (Å²) < 4.78 is 159. The normalized spacial score (nSPS) is 19.4. The van der Waals surface area contributed by atoms with Crippen molar-refractivity contribution < 1.29 is 24.7 Å². The third kappa shape index (κ3) is 3.87. The quantitative estimate of drug-likeness (QED) is 0.196. The van der Waals surface area contributed by atoms with Crippen molar-refractivity contribution in [1.29, 1.82) is 0 Å². The second kappa shape index (κ2) is 9.97. The summed E-state index contributed by atoms with van der Waals surface area (Å²) >= 11 is 0. The number of para-hydroxylation sites is 1. The Bertz CT molecular complexity index is 3280. The summed E-state index contributed by atoms with van der Waals surface area (Å²) in [6.07, 6.45) is 0. The lowest BCUT2D eigenvalue weighted by molar-refractivity contribution is 1.01. The Balaban J connectivity index is 1.42. The van der Waals surface area contributed by atoms with Gasteiger partial charge in [0.15, 0.2) is 0 Å². The summed E-state index contributed by atoms with van der Waals surface area (Å²) in [6.45, 7) is 0. The molecule has 206 valence electrons. The SMILES string of the molecule is [2H]c1cc([2H])c(-c2ccc(C3c4c([2H])c([2H])c([2H])c([2H])c4-c4c3c([2H])c3c(c4[2H])c4c([2H])c([2H])c([2H])c([2H])c4n3-c3cccc(-c4c([2H])c([2H])c([2H])c([2H])c4[2H])c3)cc2)c([2H])c1. The van der Waals surface area contributed by atoms with Crippen LogP contribution in [0.2, 0.25) is 0 Å². The lowest BCUT2D eigenvalue weighted by atomic mass is 9.88. The van der Waals surface area contributed by atoms with Crippen LogP contribution >= 0.6 is 0 Å². The van der Waals surface area contributed by atoms with Crippen molar-refractivity contribution in [2.24, 2.45) is 0 Å². The number of hydrogen-bond acceptors (Lipinski definition) is 0. The predicted octanol–water partition coefficient (Wildman–Crippen LogP) is 11.3. The molecule has 1 aliphatic rings. The van der Waals surface area contributed by atoms with Crippen LogP contribution in [0.3, 0.4) is 0 Å². The van der Waals surface area contributed by atoms with Crippen molar-refractivity contribution in [3.63, 3.8) is 0 Å². The molecule has 0 aliphatic heterocycles. The van der Waals surface area contributed by atoms with E-state index in [1.165, 1.54) is 34.9 Å². The molecule has 1 heterocycles. The molecule has 1 aromatic heterocycles. The third-order valence-corrected chi connectivity index (χ3v) is 7.94. The van der Waals surface area contributed by atoms with Crippen LogP contribution in [-0.4, -0.2) is 4.57 Å². The Morgan fingerprint density at radius 1 is 0.477 bits per heavy atom. The van der Waals surface area contributed by atoms with Gasteiger partial charge in [-0.1, -0.05) is 139 Å². The summed E-state index contributed by atoms with van der Waals surface area (Å²) in [4.78, 5) is 0. The molecular weight excluding hydrogens is 530 g/mol. The number of fused-ring (bicyclic) bond motifs is 6. The summed E-state index contributed by atoms with van der Waals surface area (Å²) in [7, 11) is 0. The number of rotatable bonds is 4. The van der Waals surface area contributed by atoms with Crippen LogP contribution < -0.4 is 0 Å². The largest absolute Gasteiger partial charge is 0.309 e. The fourth-order valence-electron chi connectivity index (χ4n) is 6.02. The molecule has 0 spiro atoms. The van der Waals surface area contributed by atoms with Crippen molar-refractivity contribution in [3.05, 3.63) is 186 Å². The monoisotopic (exact) mass is 577 g/mol. The molecule has 0 amide bonds. The number of nitrogens with zero attached hydrogens (tertiary/aromatic N) is 1. The first-order valence-corrected chi connectivity index (χ1v) is 13.8. The van der Waals surface area contributed by atoms with E-state index in [0.29, 0.717) is 11.1 Å². The minimum atomic E-state index is -1.11. The van der Waals surface area contributed by atoms with Gasteiger partial charge in [0, 0.05) is 22.4 Å². The molecule has 1 heteroatoms. The Kier molecular flexibility index (Phi) is 2.92. The predicted molar refractivity (Wildman–Crippen MR) is 184 cm³/mol. The molecule has 1 nitrogen and oxygen atoms in total. The molecule has 0 radical (unpaired) electrons. The van der Waals surface area contributed by atoms with E-state index in [2.05, 4.69) is 0 Å². The lowest BCUT2D eigenvalue weighted by Crippen LogP contribution is -2.00. The van der Waals surface area contributed by atoms with Crippen LogP contribution in [0.1, 0.15) is 47.3 Å². The molecule has 0 saturated carbocycles. The van der Waals surface area contributed by atoms with Gasteiger partial charge in [-0.05, 0) is 80.3 Å². The van der Waals surface area contributed by atoms with Gasteiger partial charge in [-0.15, -0.1) is 0 Å². The molecule has 1 aliphatic carbocycles. The van der Waals surface area contributed by atoms with Crippen LogP contribution in [0.5, 0.6) is 0 Å². The maximum Gasteiger partial charge on any atom is 0.0649 e. The van der Waals surface area contributed by atoms with E-state index >= 15 is 0 Å². The van der Waals surface area contributed by atoms with Crippen molar-refractivity contribution >= 4 is 21.8 Å². The fourth-order valence-corrected chi connectivity index (χ4v) is 6.02. The molecule has 0 N–H and O–H groups in total. The highest BCUT2D eigenvalue weighted by Gasteiger charge is 2.31. The van der Waals surface area contributed by atoms with Gasteiger partial charge in [-0.3, -0.25) is 0 Å². The van der Waals surface area contributed by atoms with Crippen molar-refractivity contribution in [3.8, 4) is 39.1 Å². The van der Waals surface area contributed by atoms with E-state index in [4.69, 9.17) is 21.9 Å². The van der Waals surface area contributed by atoms with Crippen LogP contribution in [0.4, 0.5) is 0 Å². The highest BCUT2D eigenvalue weighted by Crippen LogP contribution is 2.50. The molecule has 7 aromatic carbocycles. The first kappa shape index (κ1) is 12.9. The van der Waals surface area contributed by atoms with E-state index < -0.39 is 84.5 Å². The number of benzene rings is 7. The minimum Gasteiger partial charge on any atom is -0.309 e. The molecule has 8 aromatic rings.